The molecule has 0 atom stereocenters. The van der Waals surface area contributed by atoms with Crippen molar-refractivity contribution in [2.75, 3.05) is 0 Å². The Balaban J connectivity index is 1.81. The number of nitrogens with zero attached hydrogens (tertiary/aromatic N) is 1. The van der Waals surface area contributed by atoms with Crippen molar-refractivity contribution in [2.24, 2.45) is 11.5 Å². The Morgan fingerprint density at radius 2 is 1.59 bits per heavy atom. The molecule has 0 fully saturated rings. The molecule has 3 nitrogen and oxygen atoms in total. The molecule has 1 aliphatic rings. The molecule has 0 saturated heterocycles. The van der Waals surface area contributed by atoms with Crippen molar-refractivity contribution in [1.29, 1.82) is 0 Å². The molecule has 4 aromatic carbocycles. The van der Waals surface area contributed by atoms with Crippen LogP contribution in [0.2, 0.25) is 0 Å². The van der Waals surface area contributed by atoms with E-state index in [-0.39, 0.29) is 5.41 Å². The molecule has 32 heavy (non-hydrogen) atoms. The monoisotopic (exact) mass is 415 g/mol. The third kappa shape index (κ3) is 2.36. The second-order valence-corrected chi connectivity index (χ2v) is 9.08. The van der Waals surface area contributed by atoms with E-state index in [1.807, 2.05) is 12.1 Å². The third-order valence-corrected chi connectivity index (χ3v) is 7.00. The molecule has 156 valence electrons. The minimum Gasteiger partial charge on any atom is -0.403 e. The van der Waals surface area contributed by atoms with Gasteiger partial charge in [0.1, 0.15) is 0 Å². The second-order valence-electron chi connectivity index (χ2n) is 9.08. The van der Waals surface area contributed by atoms with Gasteiger partial charge in [0.05, 0.1) is 16.7 Å². The zero-order valence-electron chi connectivity index (χ0n) is 18.3. The molecule has 1 heterocycles. The van der Waals surface area contributed by atoms with Gasteiger partial charge in [0.2, 0.25) is 0 Å². The van der Waals surface area contributed by atoms with E-state index in [0.29, 0.717) is 5.70 Å². The largest absolute Gasteiger partial charge is 0.403 e. The quantitative estimate of drug-likeness (QED) is 0.355. The molecule has 0 amide bonds. The van der Waals surface area contributed by atoms with Crippen molar-refractivity contribution >= 4 is 27.5 Å². The lowest BCUT2D eigenvalue weighted by molar-refractivity contribution is 0.661. The zero-order chi connectivity index (χ0) is 22.0. The molecule has 0 saturated carbocycles. The number of hydrogen-bond donors (Lipinski definition) is 2. The van der Waals surface area contributed by atoms with E-state index in [1.54, 1.807) is 0 Å². The number of benzene rings is 4. The molecule has 1 aromatic heterocycles. The summed E-state index contributed by atoms with van der Waals surface area (Å²) in [5.74, 6) is 0. The highest BCUT2D eigenvalue weighted by atomic mass is 15.0. The van der Waals surface area contributed by atoms with Crippen LogP contribution in [0, 0.1) is 0 Å². The molecule has 0 bridgehead atoms. The van der Waals surface area contributed by atoms with E-state index in [0.717, 1.165) is 11.3 Å². The number of aromatic nitrogens is 1. The molecule has 0 radical (unpaired) electrons. The van der Waals surface area contributed by atoms with Gasteiger partial charge in [-0.3, -0.25) is 0 Å². The van der Waals surface area contributed by atoms with E-state index in [2.05, 4.69) is 91.2 Å². The molecule has 0 spiro atoms. The first-order valence-corrected chi connectivity index (χ1v) is 11.0. The maximum absolute atomic E-state index is 6.16. The highest BCUT2D eigenvalue weighted by Crippen LogP contribution is 2.52. The van der Waals surface area contributed by atoms with Gasteiger partial charge in [-0.15, -0.1) is 0 Å². The Morgan fingerprint density at radius 3 is 2.44 bits per heavy atom. The average Bonchev–Trinajstić information content (AvgIpc) is 3.28. The van der Waals surface area contributed by atoms with E-state index in [1.165, 1.54) is 50.3 Å². The Kier molecular flexibility index (Phi) is 3.82. The summed E-state index contributed by atoms with van der Waals surface area (Å²) in [7, 11) is 0. The highest BCUT2D eigenvalue weighted by Gasteiger charge is 2.37. The van der Waals surface area contributed by atoms with E-state index in [9.17, 15) is 0 Å². The van der Waals surface area contributed by atoms with Gasteiger partial charge in [-0.2, -0.15) is 0 Å². The van der Waals surface area contributed by atoms with Crippen LogP contribution in [0.3, 0.4) is 0 Å². The molecule has 5 aromatic rings. The van der Waals surface area contributed by atoms with Gasteiger partial charge in [-0.25, -0.2) is 0 Å². The van der Waals surface area contributed by atoms with Gasteiger partial charge >= 0.3 is 0 Å². The second kappa shape index (κ2) is 6.51. The van der Waals surface area contributed by atoms with Crippen LogP contribution < -0.4 is 11.5 Å². The minimum atomic E-state index is -0.0457. The Morgan fingerprint density at radius 1 is 0.812 bits per heavy atom. The molecule has 3 heteroatoms. The third-order valence-electron chi connectivity index (χ3n) is 7.00. The minimum absolute atomic E-state index is 0.0457. The van der Waals surface area contributed by atoms with Gasteiger partial charge in [0.15, 0.2) is 0 Å². The maximum atomic E-state index is 6.16. The van der Waals surface area contributed by atoms with Crippen molar-refractivity contribution < 1.29 is 0 Å². The standard InChI is InChI=1S/C29H25N3/c1-29(2)23-12-5-3-11-22(23)27-24(29)15-14-21-20-10-4-6-13-26(20)32(28(21)27)19-9-7-8-18(16-19)25(31)17-30/h3-17H,30-31H2,1-2H3/b25-17-. The van der Waals surface area contributed by atoms with Gasteiger partial charge in [-0.1, -0.05) is 80.6 Å². The number of nitrogens with two attached hydrogens (primary N) is 2. The van der Waals surface area contributed by atoms with Gasteiger partial charge in [0.25, 0.3) is 0 Å². The molecular weight excluding hydrogens is 390 g/mol. The summed E-state index contributed by atoms with van der Waals surface area (Å²) in [4.78, 5) is 0. The molecule has 0 aliphatic heterocycles. The summed E-state index contributed by atoms with van der Waals surface area (Å²) in [6.07, 6.45) is 1.46. The van der Waals surface area contributed by atoms with E-state index < -0.39 is 0 Å². The molecule has 6 rings (SSSR count). The van der Waals surface area contributed by atoms with Gasteiger partial charge in [0, 0.05) is 39.2 Å². The van der Waals surface area contributed by atoms with Crippen LogP contribution in [0.4, 0.5) is 0 Å². The topological polar surface area (TPSA) is 57.0 Å². The van der Waals surface area contributed by atoms with Crippen LogP contribution >= 0.6 is 0 Å². The summed E-state index contributed by atoms with van der Waals surface area (Å²) in [6, 6.07) is 30.4. The van der Waals surface area contributed by atoms with Crippen LogP contribution in [0.15, 0.2) is 91.1 Å². The SMILES string of the molecule is CC1(C)c2ccccc2-c2c1ccc1c3ccccc3n(-c3cccc(/C(N)=C/N)c3)c21. The lowest BCUT2D eigenvalue weighted by Gasteiger charge is -2.21. The number of fused-ring (bicyclic) bond motifs is 7. The van der Waals surface area contributed by atoms with Crippen LogP contribution in [-0.2, 0) is 5.41 Å². The first-order chi connectivity index (χ1) is 15.5. The summed E-state index contributed by atoms with van der Waals surface area (Å²) >= 11 is 0. The first-order valence-electron chi connectivity index (χ1n) is 11.0. The predicted molar refractivity (Wildman–Crippen MR) is 135 cm³/mol. The zero-order valence-corrected chi connectivity index (χ0v) is 18.3. The summed E-state index contributed by atoms with van der Waals surface area (Å²) in [6.45, 7) is 4.65. The van der Waals surface area contributed by atoms with E-state index >= 15 is 0 Å². The fourth-order valence-electron chi connectivity index (χ4n) is 5.43. The van der Waals surface area contributed by atoms with Crippen LogP contribution in [0.5, 0.6) is 0 Å². The summed E-state index contributed by atoms with van der Waals surface area (Å²) in [5, 5.41) is 2.51. The normalized spacial score (nSPS) is 14.6. The molecular formula is C29H25N3. The molecule has 4 N–H and O–H groups in total. The number of rotatable bonds is 2. The number of para-hydroxylation sites is 1. The number of hydrogen-bond acceptors (Lipinski definition) is 2. The van der Waals surface area contributed by atoms with Gasteiger partial charge in [-0.05, 0) is 34.9 Å². The molecule has 1 aliphatic carbocycles. The smallest absolute Gasteiger partial charge is 0.0622 e. The Labute approximate surface area is 187 Å². The average molecular weight is 416 g/mol. The lowest BCUT2D eigenvalue weighted by Crippen LogP contribution is -2.14. The fraction of sp³-hybridized carbons (Fsp3) is 0.103. The van der Waals surface area contributed by atoms with Crippen molar-refractivity contribution in [3.8, 4) is 16.8 Å². The predicted octanol–water partition coefficient (Wildman–Crippen LogP) is 6.31. The van der Waals surface area contributed by atoms with Crippen molar-refractivity contribution in [3.05, 3.63) is 108 Å². The first kappa shape index (κ1) is 18.8. The van der Waals surface area contributed by atoms with Crippen LogP contribution in [0.25, 0.3) is 44.3 Å². The molecule has 0 unspecified atom stereocenters. The van der Waals surface area contributed by atoms with Crippen molar-refractivity contribution in [2.45, 2.75) is 19.3 Å². The highest BCUT2D eigenvalue weighted by molar-refractivity contribution is 6.15. The fourth-order valence-corrected chi connectivity index (χ4v) is 5.43. The Hall–Kier alpha value is -3.98. The summed E-state index contributed by atoms with van der Waals surface area (Å²) in [5.41, 5.74) is 22.2. The van der Waals surface area contributed by atoms with Crippen LogP contribution in [-0.4, -0.2) is 4.57 Å². The van der Waals surface area contributed by atoms with E-state index in [4.69, 9.17) is 11.5 Å². The van der Waals surface area contributed by atoms with Crippen LogP contribution in [0.1, 0.15) is 30.5 Å². The lowest BCUT2D eigenvalue weighted by atomic mass is 9.82. The van der Waals surface area contributed by atoms with Gasteiger partial charge < -0.3 is 16.0 Å². The Bertz CT molecular complexity index is 1570. The van der Waals surface area contributed by atoms with Crippen molar-refractivity contribution in [1.82, 2.24) is 4.57 Å². The van der Waals surface area contributed by atoms with Crippen molar-refractivity contribution in [3.63, 3.8) is 0 Å². The summed E-state index contributed by atoms with van der Waals surface area (Å²) < 4.78 is 2.38. The maximum Gasteiger partial charge on any atom is 0.0622 e.